The van der Waals surface area contributed by atoms with Crippen molar-refractivity contribution in [2.75, 3.05) is 7.11 Å². The first kappa shape index (κ1) is 21.2. The lowest BCUT2D eigenvalue weighted by Gasteiger charge is -1.95. The van der Waals surface area contributed by atoms with E-state index in [1.165, 1.54) is 32.8 Å². The van der Waals surface area contributed by atoms with Crippen LogP contribution in [-0.2, 0) is 9.53 Å². The van der Waals surface area contributed by atoms with E-state index < -0.39 is 0 Å². The summed E-state index contributed by atoms with van der Waals surface area (Å²) in [5.41, 5.74) is 3.15. The van der Waals surface area contributed by atoms with Gasteiger partial charge in [-0.2, -0.15) is 0 Å². The van der Waals surface area contributed by atoms with Crippen LogP contribution in [0.5, 0.6) is 0 Å². The van der Waals surface area contributed by atoms with Gasteiger partial charge in [-0.25, -0.2) is 0 Å². The Bertz CT molecular complexity index is 421. The van der Waals surface area contributed by atoms with Gasteiger partial charge in [-0.1, -0.05) is 56.2 Å². The van der Waals surface area contributed by atoms with Crippen molar-refractivity contribution < 1.29 is 9.53 Å². The summed E-state index contributed by atoms with van der Waals surface area (Å²) in [4.78, 5) is 10.9. The van der Waals surface area contributed by atoms with Crippen molar-refractivity contribution in [1.29, 1.82) is 0 Å². The first-order chi connectivity index (χ1) is 11.3. The Balaban J connectivity index is 3.57. The average Bonchev–Trinajstić information content (AvgIpc) is 2.57. The number of hydrogen-bond acceptors (Lipinski definition) is 2. The number of allylic oxidation sites excluding steroid dienone is 7. The summed E-state index contributed by atoms with van der Waals surface area (Å²) in [6.45, 7) is 2.23. The fourth-order valence-corrected chi connectivity index (χ4v) is 1.89. The summed E-state index contributed by atoms with van der Waals surface area (Å²) >= 11 is 0. The molecule has 0 heterocycles. The van der Waals surface area contributed by atoms with Crippen molar-refractivity contribution in [2.45, 2.75) is 64.7 Å². The SMILES string of the molecule is CCCCC/C=C/CC=C=C/C=C/C/C=C/CCCC(=O)OC. The minimum Gasteiger partial charge on any atom is -0.469 e. The largest absolute Gasteiger partial charge is 0.469 e. The van der Waals surface area contributed by atoms with Gasteiger partial charge in [0.05, 0.1) is 7.11 Å². The molecule has 0 rings (SSSR count). The molecule has 0 spiro atoms. The van der Waals surface area contributed by atoms with Crippen LogP contribution < -0.4 is 0 Å². The van der Waals surface area contributed by atoms with Crippen molar-refractivity contribution in [3.8, 4) is 0 Å². The van der Waals surface area contributed by atoms with Crippen LogP contribution in [0.3, 0.4) is 0 Å². The first-order valence-corrected chi connectivity index (χ1v) is 8.74. The van der Waals surface area contributed by atoms with Crippen molar-refractivity contribution >= 4 is 5.97 Å². The van der Waals surface area contributed by atoms with Crippen molar-refractivity contribution in [3.05, 3.63) is 54.3 Å². The molecule has 23 heavy (non-hydrogen) atoms. The molecule has 0 bridgehead atoms. The highest BCUT2D eigenvalue weighted by Gasteiger charge is 1.96. The third-order valence-electron chi connectivity index (χ3n) is 3.26. The molecular weight excluding hydrogens is 284 g/mol. The molecular formula is C21H32O2. The molecule has 0 aromatic heterocycles. The van der Waals surface area contributed by atoms with Gasteiger partial charge in [0.25, 0.3) is 0 Å². The molecule has 0 aromatic rings. The maximum absolute atomic E-state index is 10.9. The Kier molecular flexibility index (Phi) is 16.8. The number of rotatable bonds is 13. The zero-order valence-corrected chi connectivity index (χ0v) is 14.8. The topological polar surface area (TPSA) is 26.3 Å². The van der Waals surface area contributed by atoms with Crippen LogP contribution in [0.2, 0.25) is 0 Å². The van der Waals surface area contributed by atoms with Gasteiger partial charge >= 0.3 is 5.97 Å². The molecule has 0 aliphatic heterocycles. The molecule has 0 fully saturated rings. The smallest absolute Gasteiger partial charge is 0.305 e. The minimum absolute atomic E-state index is 0.133. The number of ether oxygens (including phenoxy) is 1. The van der Waals surface area contributed by atoms with Crippen LogP contribution in [0.25, 0.3) is 0 Å². The van der Waals surface area contributed by atoms with Crippen LogP contribution >= 0.6 is 0 Å². The highest BCUT2D eigenvalue weighted by molar-refractivity contribution is 5.69. The highest BCUT2D eigenvalue weighted by atomic mass is 16.5. The van der Waals surface area contributed by atoms with Gasteiger partial charge in [0, 0.05) is 6.42 Å². The zero-order chi connectivity index (χ0) is 17.0. The van der Waals surface area contributed by atoms with Crippen molar-refractivity contribution in [2.24, 2.45) is 0 Å². The van der Waals surface area contributed by atoms with Gasteiger partial charge in [0.2, 0.25) is 0 Å². The summed E-state index contributed by atoms with van der Waals surface area (Å²) in [7, 11) is 1.43. The van der Waals surface area contributed by atoms with Gasteiger partial charge in [0.1, 0.15) is 0 Å². The summed E-state index contributed by atoms with van der Waals surface area (Å²) in [5, 5.41) is 0. The molecule has 0 atom stereocenters. The first-order valence-electron chi connectivity index (χ1n) is 8.74. The Morgan fingerprint density at radius 1 is 0.957 bits per heavy atom. The van der Waals surface area contributed by atoms with Gasteiger partial charge < -0.3 is 4.74 Å². The molecule has 0 amide bonds. The van der Waals surface area contributed by atoms with Gasteiger partial charge in [0.15, 0.2) is 0 Å². The summed E-state index contributed by atoms with van der Waals surface area (Å²) in [6, 6.07) is 0. The summed E-state index contributed by atoms with van der Waals surface area (Å²) in [5.74, 6) is -0.133. The van der Waals surface area contributed by atoms with E-state index in [2.05, 4.69) is 47.8 Å². The lowest BCUT2D eigenvalue weighted by molar-refractivity contribution is -0.140. The van der Waals surface area contributed by atoms with Crippen molar-refractivity contribution in [3.63, 3.8) is 0 Å². The average molecular weight is 316 g/mol. The van der Waals surface area contributed by atoms with Crippen LogP contribution in [-0.4, -0.2) is 13.1 Å². The van der Waals surface area contributed by atoms with E-state index in [1.807, 2.05) is 18.2 Å². The van der Waals surface area contributed by atoms with Crippen LogP contribution in [0, 0.1) is 0 Å². The van der Waals surface area contributed by atoms with E-state index in [4.69, 9.17) is 0 Å². The molecule has 128 valence electrons. The van der Waals surface area contributed by atoms with E-state index in [1.54, 1.807) is 0 Å². The number of hydrogen-bond donors (Lipinski definition) is 0. The van der Waals surface area contributed by atoms with E-state index in [0.717, 1.165) is 25.7 Å². The highest BCUT2D eigenvalue weighted by Crippen LogP contribution is 2.00. The van der Waals surface area contributed by atoms with Crippen LogP contribution in [0.15, 0.2) is 54.3 Å². The monoisotopic (exact) mass is 316 g/mol. The predicted octanol–water partition coefficient (Wildman–Crippen LogP) is 6.07. The summed E-state index contributed by atoms with van der Waals surface area (Å²) < 4.78 is 4.59. The van der Waals surface area contributed by atoms with Crippen LogP contribution in [0.4, 0.5) is 0 Å². The maximum atomic E-state index is 10.9. The standard InChI is InChI=1S/C21H32O2/c1-3-4-5-6-7-8-9-10-11-12-13-14-15-16-17-18-19-20-21(22)23-2/h7-8,10,12-14,16-17H,3-6,9,15,18-20H2,1-2H3/b8-7+,14-13+,17-16+. The van der Waals surface area contributed by atoms with Gasteiger partial charge in [-0.3, -0.25) is 4.79 Å². The minimum atomic E-state index is -0.133. The number of methoxy groups -OCH3 is 1. The fourth-order valence-electron chi connectivity index (χ4n) is 1.89. The number of esters is 1. The molecule has 2 heteroatoms. The zero-order valence-electron chi connectivity index (χ0n) is 14.8. The second kappa shape index (κ2) is 18.3. The Morgan fingerprint density at radius 3 is 2.43 bits per heavy atom. The fraction of sp³-hybridized carbons (Fsp3) is 0.524. The van der Waals surface area contributed by atoms with Gasteiger partial charge in [-0.15, -0.1) is 5.73 Å². The third kappa shape index (κ3) is 18.2. The van der Waals surface area contributed by atoms with E-state index in [0.29, 0.717) is 6.42 Å². The molecule has 2 nitrogen and oxygen atoms in total. The Hall–Kier alpha value is -1.79. The van der Waals surface area contributed by atoms with E-state index >= 15 is 0 Å². The third-order valence-corrected chi connectivity index (χ3v) is 3.26. The van der Waals surface area contributed by atoms with Gasteiger partial charge in [-0.05, 0) is 50.7 Å². The lowest BCUT2D eigenvalue weighted by atomic mass is 10.2. The molecule has 0 saturated carbocycles. The number of carbonyl (C=O) groups is 1. The van der Waals surface area contributed by atoms with E-state index in [9.17, 15) is 4.79 Å². The van der Waals surface area contributed by atoms with Crippen molar-refractivity contribution in [1.82, 2.24) is 0 Å². The lowest BCUT2D eigenvalue weighted by Crippen LogP contribution is -1.98. The van der Waals surface area contributed by atoms with E-state index in [-0.39, 0.29) is 5.97 Å². The molecule has 0 aliphatic rings. The summed E-state index contributed by atoms with van der Waals surface area (Å²) in [6.07, 6.45) is 26.0. The number of carbonyl (C=O) groups excluding carboxylic acids is 1. The second-order valence-corrected chi connectivity index (χ2v) is 5.34. The quantitative estimate of drug-likeness (QED) is 0.135. The molecule has 0 aromatic carbocycles. The Labute approximate surface area is 142 Å². The molecule has 0 unspecified atom stereocenters. The normalized spacial score (nSPS) is 11.2. The molecule has 0 saturated heterocycles. The van der Waals surface area contributed by atoms with Crippen LogP contribution in [0.1, 0.15) is 64.7 Å². The molecule has 0 aliphatic carbocycles. The molecule has 0 N–H and O–H groups in total. The Morgan fingerprint density at radius 2 is 1.70 bits per heavy atom. The number of unbranched alkanes of at least 4 members (excludes halogenated alkanes) is 4. The molecule has 0 radical (unpaired) electrons. The maximum Gasteiger partial charge on any atom is 0.305 e. The second-order valence-electron chi connectivity index (χ2n) is 5.34. The predicted molar refractivity (Wildman–Crippen MR) is 99.3 cm³/mol.